The van der Waals surface area contributed by atoms with Crippen LogP contribution in [0, 0.1) is 5.92 Å². The summed E-state index contributed by atoms with van der Waals surface area (Å²) in [4.78, 5) is 8.86. The first-order valence-electron chi connectivity index (χ1n) is 7.32. The Morgan fingerprint density at radius 3 is 2.62 bits per heavy atom. The van der Waals surface area contributed by atoms with Crippen LogP contribution in [0.3, 0.4) is 0 Å². The average Bonchev–Trinajstić information content (AvgIpc) is 2.86. The SMILES string of the molecule is CC(C)CCn1c(-c2ccncc2)nc2c(N)cccc21. The van der Waals surface area contributed by atoms with E-state index in [0.29, 0.717) is 5.92 Å². The number of anilines is 1. The Balaban J connectivity index is 2.18. The lowest BCUT2D eigenvalue weighted by Crippen LogP contribution is -2.03. The molecule has 0 aliphatic carbocycles. The van der Waals surface area contributed by atoms with E-state index in [1.807, 2.05) is 24.3 Å². The van der Waals surface area contributed by atoms with E-state index in [1.165, 1.54) is 0 Å². The molecule has 4 heteroatoms. The van der Waals surface area contributed by atoms with Crippen molar-refractivity contribution in [2.24, 2.45) is 5.92 Å². The van der Waals surface area contributed by atoms with Crippen molar-refractivity contribution in [3.05, 3.63) is 42.7 Å². The van der Waals surface area contributed by atoms with Crippen LogP contribution < -0.4 is 5.73 Å². The third kappa shape index (κ3) is 2.61. The molecular formula is C17H20N4. The first-order valence-corrected chi connectivity index (χ1v) is 7.32. The second kappa shape index (κ2) is 5.56. The number of nitrogen functional groups attached to an aromatic ring is 1. The smallest absolute Gasteiger partial charge is 0.141 e. The van der Waals surface area contributed by atoms with E-state index in [0.717, 1.165) is 41.1 Å². The van der Waals surface area contributed by atoms with Gasteiger partial charge in [-0.2, -0.15) is 0 Å². The van der Waals surface area contributed by atoms with E-state index in [-0.39, 0.29) is 0 Å². The highest BCUT2D eigenvalue weighted by molar-refractivity contribution is 5.90. The summed E-state index contributed by atoms with van der Waals surface area (Å²) in [7, 11) is 0. The summed E-state index contributed by atoms with van der Waals surface area (Å²) >= 11 is 0. The number of hydrogen-bond acceptors (Lipinski definition) is 3. The Morgan fingerprint density at radius 1 is 1.14 bits per heavy atom. The second-order valence-electron chi connectivity index (χ2n) is 5.72. The Hall–Kier alpha value is -2.36. The number of nitrogens with two attached hydrogens (primary N) is 1. The van der Waals surface area contributed by atoms with Gasteiger partial charge in [0.1, 0.15) is 11.3 Å². The van der Waals surface area contributed by atoms with E-state index in [4.69, 9.17) is 10.7 Å². The van der Waals surface area contributed by atoms with Gasteiger partial charge < -0.3 is 10.3 Å². The molecule has 1 aromatic carbocycles. The molecule has 3 aromatic rings. The predicted molar refractivity (Wildman–Crippen MR) is 86.8 cm³/mol. The Labute approximate surface area is 124 Å². The fraction of sp³-hybridized carbons (Fsp3) is 0.294. The molecule has 0 atom stereocenters. The summed E-state index contributed by atoms with van der Waals surface area (Å²) < 4.78 is 2.26. The standard InChI is InChI=1S/C17H20N4/c1-12(2)8-11-21-15-5-3-4-14(18)16(15)20-17(21)13-6-9-19-10-7-13/h3-7,9-10,12H,8,11,18H2,1-2H3. The van der Waals surface area contributed by atoms with Gasteiger partial charge >= 0.3 is 0 Å². The van der Waals surface area contributed by atoms with E-state index < -0.39 is 0 Å². The molecule has 21 heavy (non-hydrogen) atoms. The zero-order valence-electron chi connectivity index (χ0n) is 12.5. The van der Waals surface area contributed by atoms with Crippen molar-refractivity contribution in [2.75, 3.05) is 5.73 Å². The van der Waals surface area contributed by atoms with Crippen LogP contribution in [-0.4, -0.2) is 14.5 Å². The van der Waals surface area contributed by atoms with Gasteiger partial charge in [-0.15, -0.1) is 0 Å². The molecule has 0 saturated heterocycles. The molecule has 2 heterocycles. The van der Waals surface area contributed by atoms with Crippen LogP contribution in [0.15, 0.2) is 42.7 Å². The van der Waals surface area contributed by atoms with Gasteiger partial charge in [-0.05, 0) is 36.6 Å². The van der Waals surface area contributed by atoms with Gasteiger partial charge in [0.2, 0.25) is 0 Å². The summed E-state index contributed by atoms with van der Waals surface area (Å²) in [5.74, 6) is 1.61. The Bertz CT molecular complexity index is 744. The van der Waals surface area contributed by atoms with E-state index >= 15 is 0 Å². The van der Waals surface area contributed by atoms with Crippen LogP contribution in [0.4, 0.5) is 5.69 Å². The lowest BCUT2D eigenvalue weighted by Gasteiger charge is -2.11. The molecule has 108 valence electrons. The fourth-order valence-corrected chi connectivity index (χ4v) is 2.50. The molecule has 0 radical (unpaired) electrons. The molecule has 0 saturated carbocycles. The van der Waals surface area contributed by atoms with Crippen LogP contribution in [0.25, 0.3) is 22.4 Å². The van der Waals surface area contributed by atoms with Gasteiger partial charge in [0.05, 0.1) is 11.2 Å². The molecular weight excluding hydrogens is 260 g/mol. The number of aromatic nitrogens is 3. The number of fused-ring (bicyclic) bond motifs is 1. The highest BCUT2D eigenvalue weighted by Gasteiger charge is 2.14. The molecule has 0 bridgehead atoms. The van der Waals surface area contributed by atoms with Gasteiger partial charge in [-0.1, -0.05) is 19.9 Å². The maximum atomic E-state index is 6.08. The molecule has 0 amide bonds. The van der Waals surface area contributed by atoms with Gasteiger partial charge in [-0.3, -0.25) is 4.98 Å². The minimum Gasteiger partial charge on any atom is -0.397 e. The first kappa shape index (κ1) is 13.6. The zero-order valence-corrected chi connectivity index (χ0v) is 12.5. The highest BCUT2D eigenvalue weighted by Crippen LogP contribution is 2.28. The molecule has 0 fully saturated rings. The van der Waals surface area contributed by atoms with Crippen LogP contribution in [0.1, 0.15) is 20.3 Å². The summed E-state index contributed by atoms with van der Waals surface area (Å²) in [6.45, 7) is 5.41. The lowest BCUT2D eigenvalue weighted by atomic mass is 10.1. The minimum atomic E-state index is 0.647. The number of aryl methyl sites for hydroxylation is 1. The molecule has 4 nitrogen and oxygen atoms in total. The van der Waals surface area contributed by atoms with E-state index in [9.17, 15) is 0 Å². The highest BCUT2D eigenvalue weighted by atomic mass is 15.1. The second-order valence-corrected chi connectivity index (χ2v) is 5.72. The Kier molecular flexibility index (Phi) is 3.60. The van der Waals surface area contributed by atoms with Crippen LogP contribution in [0.2, 0.25) is 0 Å². The molecule has 0 aliphatic heterocycles. The maximum Gasteiger partial charge on any atom is 0.141 e. The van der Waals surface area contributed by atoms with Crippen molar-refractivity contribution in [1.29, 1.82) is 0 Å². The van der Waals surface area contributed by atoms with Crippen molar-refractivity contribution < 1.29 is 0 Å². The summed E-state index contributed by atoms with van der Waals surface area (Å²) in [6, 6.07) is 9.95. The summed E-state index contributed by atoms with van der Waals surface area (Å²) in [5.41, 5.74) is 9.87. The van der Waals surface area contributed by atoms with Crippen molar-refractivity contribution in [3.63, 3.8) is 0 Å². The number of rotatable bonds is 4. The molecule has 0 spiro atoms. The summed E-state index contributed by atoms with van der Waals surface area (Å²) in [6.07, 6.45) is 4.70. The monoisotopic (exact) mass is 280 g/mol. The molecule has 0 unspecified atom stereocenters. The van der Waals surface area contributed by atoms with Gasteiger partial charge in [0, 0.05) is 24.5 Å². The van der Waals surface area contributed by atoms with Crippen LogP contribution >= 0.6 is 0 Å². The molecule has 2 aromatic heterocycles. The van der Waals surface area contributed by atoms with Crippen molar-refractivity contribution >= 4 is 16.7 Å². The summed E-state index contributed by atoms with van der Waals surface area (Å²) in [5, 5.41) is 0. The van der Waals surface area contributed by atoms with Gasteiger partial charge in [0.25, 0.3) is 0 Å². The lowest BCUT2D eigenvalue weighted by molar-refractivity contribution is 0.525. The van der Waals surface area contributed by atoms with Crippen LogP contribution in [-0.2, 0) is 6.54 Å². The topological polar surface area (TPSA) is 56.7 Å². The third-order valence-corrected chi connectivity index (χ3v) is 3.68. The number of benzene rings is 1. The van der Waals surface area contributed by atoms with Crippen molar-refractivity contribution in [3.8, 4) is 11.4 Å². The molecule has 3 rings (SSSR count). The maximum absolute atomic E-state index is 6.08. The van der Waals surface area contributed by atoms with E-state index in [2.05, 4.69) is 29.5 Å². The molecule has 2 N–H and O–H groups in total. The fourth-order valence-electron chi connectivity index (χ4n) is 2.50. The largest absolute Gasteiger partial charge is 0.397 e. The number of nitrogens with zero attached hydrogens (tertiary/aromatic N) is 3. The quantitative estimate of drug-likeness (QED) is 0.741. The number of pyridine rings is 1. The van der Waals surface area contributed by atoms with Crippen LogP contribution in [0.5, 0.6) is 0 Å². The zero-order chi connectivity index (χ0) is 14.8. The number of para-hydroxylation sites is 1. The van der Waals surface area contributed by atoms with Crippen molar-refractivity contribution in [1.82, 2.24) is 14.5 Å². The normalized spacial score (nSPS) is 11.4. The number of hydrogen-bond donors (Lipinski definition) is 1. The third-order valence-electron chi connectivity index (χ3n) is 3.68. The number of imidazole rings is 1. The first-order chi connectivity index (χ1) is 10.2. The predicted octanol–water partition coefficient (Wildman–Crippen LogP) is 3.73. The van der Waals surface area contributed by atoms with E-state index in [1.54, 1.807) is 12.4 Å². The average molecular weight is 280 g/mol. The molecule has 0 aliphatic rings. The van der Waals surface area contributed by atoms with Gasteiger partial charge in [0.15, 0.2) is 0 Å². The van der Waals surface area contributed by atoms with Gasteiger partial charge in [-0.25, -0.2) is 4.98 Å². The Morgan fingerprint density at radius 2 is 1.90 bits per heavy atom. The minimum absolute atomic E-state index is 0.647. The van der Waals surface area contributed by atoms with Crippen molar-refractivity contribution in [2.45, 2.75) is 26.8 Å².